The van der Waals surface area contributed by atoms with Gasteiger partial charge in [0.2, 0.25) is 0 Å². The van der Waals surface area contributed by atoms with Crippen molar-refractivity contribution in [2.75, 3.05) is 6.54 Å². The predicted molar refractivity (Wildman–Crippen MR) is 41.2 cm³/mol. The number of rotatable bonds is 0. The highest BCUT2D eigenvalue weighted by atomic mass is 16.2. The summed E-state index contributed by atoms with van der Waals surface area (Å²) in [6, 6.07) is 0.798. The minimum atomic E-state index is 0.0353. The summed E-state index contributed by atoms with van der Waals surface area (Å²) in [6.45, 7) is 0.459. The van der Waals surface area contributed by atoms with E-state index < -0.39 is 0 Å². The van der Waals surface area contributed by atoms with Gasteiger partial charge in [-0.3, -0.25) is 4.79 Å². The molecule has 2 rings (SSSR count). The van der Waals surface area contributed by atoms with Crippen LogP contribution >= 0.6 is 0 Å². The first-order valence-electron chi connectivity index (χ1n) is 4.33. The molecule has 1 radical (unpaired) electrons. The summed E-state index contributed by atoms with van der Waals surface area (Å²) >= 11 is 0. The van der Waals surface area contributed by atoms with Crippen molar-refractivity contribution in [3.63, 3.8) is 0 Å². The van der Waals surface area contributed by atoms with Crippen LogP contribution in [0, 0.1) is 0 Å². The molecule has 0 bridgehead atoms. The number of fused-ring (bicyclic) bond motifs is 1. The third-order valence-electron chi connectivity index (χ3n) is 2.55. The van der Waals surface area contributed by atoms with E-state index in [4.69, 9.17) is 0 Å². The summed E-state index contributed by atoms with van der Waals surface area (Å²) in [7, 11) is 0. The molecule has 0 aromatic rings. The normalized spacial score (nSPS) is 37.6. The molecule has 2 atom stereocenters. The molecule has 1 aliphatic carbocycles. The number of carbonyl (C=O) groups is 1. The molecule has 0 aromatic carbocycles. The average Bonchev–Trinajstić information content (AvgIpc) is 2.04. The summed E-state index contributed by atoms with van der Waals surface area (Å²) in [6.07, 6.45) is 4.82. The average molecular weight is 153 g/mol. The Labute approximate surface area is 66.5 Å². The van der Waals surface area contributed by atoms with Gasteiger partial charge in [0.25, 0.3) is 5.91 Å². The highest BCUT2D eigenvalue weighted by molar-refractivity contribution is 5.79. The van der Waals surface area contributed by atoms with Crippen LogP contribution in [0.1, 0.15) is 25.7 Å². The van der Waals surface area contributed by atoms with Gasteiger partial charge in [0.05, 0.1) is 12.6 Å². The van der Waals surface area contributed by atoms with Crippen molar-refractivity contribution in [3.8, 4) is 0 Å². The maximum absolute atomic E-state index is 10.9. The second-order valence-corrected chi connectivity index (χ2v) is 3.36. The van der Waals surface area contributed by atoms with E-state index in [-0.39, 0.29) is 5.91 Å². The molecule has 0 aromatic heterocycles. The lowest BCUT2D eigenvalue weighted by Gasteiger charge is -2.34. The van der Waals surface area contributed by atoms with Gasteiger partial charge < -0.3 is 5.32 Å². The van der Waals surface area contributed by atoms with E-state index in [9.17, 15) is 4.79 Å². The molecular weight excluding hydrogens is 140 g/mol. The van der Waals surface area contributed by atoms with Crippen molar-refractivity contribution in [2.24, 2.45) is 0 Å². The number of piperazine rings is 1. The van der Waals surface area contributed by atoms with Crippen LogP contribution in [0.3, 0.4) is 0 Å². The van der Waals surface area contributed by atoms with Crippen LogP contribution in [0.15, 0.2) is 0 Å². The first-order chi connectivity index (χ1) is 5.36. The van der Waals surface area contributed by atoms with Crippen molar-refractivity contribution in [2.45, 2.75) is 37.8 Å². The van der Waals surface area contributed by atoms with Gasteiger partial charge in [-0.2, -0.15) is 0 Å². The minimum Gasteiger partial charge on any atom is -0.303 e. The first-order valence-corrected chi connectivity index (χ1v) is 4.33. The van der Waals surface area contributed by atoms with E-state index in [0.29, 0.717) is 18.6 Å². The molecule has 2 unspecified atom stereocenters. The Morgan fingerprint density at radius 3 is 3.09 bits per heavy atom. The Kier molecular flexibility index (Phi) is 1.82. The van der Waals surface area contributed by atoms with Crippen LogP contribution < -0.4 is 10.6 Å². The molecule has 2 fully saturated rings. The number of nitrogens with one attached hydrogen (secondary N) is 1. The van der Waals surface area contributed by atoms with Crippen LogP contribution in [0.2, 0.25) is 0 Å². The van der Waals surface area contributed by atoms with E-state index in [0.717, 1.165) is 6.42 Å². The quantitative estimate of drug-likeness (QED) is 0.533. The van der Waals surface area contributed by atoms with Crippen LogP contribution in [0.5, 0.6) is 0 Å². The second-order valence-electron chi connectivity index (χ2n) is 3.36. The fourth-order valence-corrected chi connectivity index (χ4v) is 1.95. The lowest BCUT2D eigenvalue weighted by Crippen LogP contribution is -2.56. The molecular formula is C8H13N2O. The van der Waals surface area contributed by atoms with Crippen molar-refractivity contribution in [3.05, 3.63) is 0 Å². The number of amides is 1. The van der Waals surface area contributed by atoms with E-state index in [1.165, 1.54) is 19.3 Å². The molecule has 1 saturated heterocycles. The molecule has 1 saturated carbocycles. The number of carbonyl (C=O) groups excluding carboxylic acids is 1. The SMILES string of the molecule is O=C1CNC2CCCCC2[N]1. The highest BCUT2D eigenvalue weighted by Gasteiger charge is 2.31. The summed E-state index contributed by atoms with van der Waals surface area (Å²) in [5.41, 5.74) is 0. The third kappa shape index (κ3) is 1.38. The van der Waals surface area contributed by atoms with Crippen LogP contribution in [-0.4, -0.2) is 24.5 Å². The van der Waals surface area contributed by atoms with Gasteiger partial charge in [0.1, 0.15) is 0 Å². The van der Waals surface area contributed by atoms with Crippen LogP contribution in [-0.2, 0) is 4.79 Å². The molecule has 0 spiro atoms. The van der Waals surface area contributed by atoms with Gasteiger partial charge >= 0.3 is 0 Å². The summed E-state index contributed by atoms with van der Waals surface area (Å²) < 4.78 is 0. The molecule has 2 aliphatic rings. The number of hydrogen-bond donors (Lipinski definition) is 1. The van der Waals surface area contributed by atoms with Crippen LogP contribution in [0.25, 0.3) is 0 Å². The topological polar surface area (TPSA) is 43.2 Å². The summed E-state index contributed by atoms with van der Waals surface area (Å²) in [5.74, 6) is 0.0353. The summed E-state index contributed by atoms with van der Waals surface area (Å²) in [4.78, 5) is 10.9. The largest absolute Gasteiger partial charge is 0.303 e. The monoisotopic (exact) mass is 153 g/mol. The minimum absolute atomic E-state index is 0.0353. The Balaban J connectivity index is 1.98. The molecule has 1 amide bonds. The maximum Gasteiger partial charge on any atom is 0.255 e. The fraction of sp³-hybridized carbons (Fsp3) is 0.875. The molecule has 1 N–H and O–H groups in total. The van der Waals surface area contributed by atoms with E-state index in [1.54, 1.807) is 0 Å². The lowest BCUT2D eigenvalue weighted by molar-refractivity contribution is -0.123. The van der Waals surface area contributed by atoms with Gasteiger partial charge in [0.15, 0.2) is 0 Å². The van der Waals surface area contributed by atoms with Gasteiger partial charge in [0, 0.05) is 6.04 Å². The van der Waals surface area contributed by atoms with Crippen molar-refractivity contribution < 1.29 is 4.79 Å². The van der Waals surface area contributed by atoms with Crippen molar-refractivity contribution in [1.82, 2.24) is 10.6 Å². The standard InChI is InChI=1S/C8H13N2O/c11-8-5-9-6-3-1-2-4-7(6)10-8/h6-7,9H,1-5H2. The Bertz CT molecular complexity index is 169. The Morgan fingerprint density at radius 2 is 2.18 bits per heavy atom. The number of hydrogen-bond acceptors (Lipinski definition) is 2. The van der Waals surface area contributed by atoms with Crippen LogP contribution in [0.4, 0.5) is 0 Å². The van der Waals surface area contributed by atoms with Gasteiger partial charge in [-0.15, -0.1) is 0 Å². The second kappa shape index (κ2) is 2.81. The van der Waals surface area contributed by atoms with Gasteiger partial charge in [-0.05, 0) is 12.8 Å². The lowest BCUT2D eigenvalue weighted by atomic mass is 9.89. The van der Waals surface area contributed by atoms with Crippen molar-refractivity contribution >= 4 is 5.91 Å². The smallest absolute Gasteiger partial charge is 0.255 e. The maximum atomic E-state index is 10.9. The van der Waals surface area contributed by atoms with E-state index in [1.807, 2.05) is 0 Å². The zero-order valence-corrected chi connectivity index (χ0v) is 6.55. The zero-order chi connectivity index (χ0) is 7.68. The first kappa shape index (κ1) is 7.10. The van der Waals surface area contributed by atoms with Crippen molar-refractivity contribution in [1.29, 1.82) is 0 Å². The Morgan fingerprint density at radius 1 is 1.36 bits per heavy atom. The van der Waals surface area contributed by atoms with Gasteiger partial charge in [-0.1, -0.05) is 12.8 Å². The van der Waals surface area contributed by atoms with E-state index >= 15 is 0 Å². The fourth-order valence-electron chi connectivity index (χ4n) is 1.95. The predicted octanol–water partition coefficient (Wildman–Crippen LogP) is 0.0318. The molecule has 3 nitrogen and oxygen atoms in total. The highest BCUT2D eigenvalue weighted by Crippen LogP contribution is 2.20. The Hall–Kier alpha value is -0.570. The van der Waals surface area contributed by atoms with Gasteiger partial charge in [-0.25, -0.2) is 5.32 Å². The molecule has 1 aliphatic heterocycles. The number of nitrogens with zero attached hydrogens (tertiary/aromatic N) is 1. The zero-order valence-electron chi connectivity index (χ0n) is 6.55. The van der Waals surface area contributed by atoms with E-state index in [2.05, 4.69) is 10.6 Å². The molecule has 3 heteroatoms. The summed E-state index contributed by atoms with van der Waals surface area (Å²) in [5, 5.41) is 7.33. The molecule has 11 heavy (non-hydrogen) atoms. The molecule has 1 heterocycles. The third-order valence-corrected chi connectivity index (χ3v) is 2.55. The molecule has 61 valence electrons.